The number of aliphatic hydroxyl groups is 1. The summed E-state index contributed by atoms with van der Waals surface area (Å²) in [4.78, 5) is 12.7. The summed E-state index contributed by atoms with van der Waals surface area (Å²) in [6, 6.07) is 1.75. The fourth-order valence-electron chi connectivity index (χ4n) is 1.40. The van der Waals surface area contributed by atoms with Gasteiger partial charge in [-0.25, -0.2) is 9.97 Å². The van der Waals surface area contributed by atoms with E-state index in [0.717, 1.165) is 10.8 Å². The first-order valence-electron chi connectivity index (χ1n) is 5.72. The van der Waals surface area contributed by atoms with Crippen LogP contribution in [0.1, 0.15) is 5.69 Å². The summed E-state index contributed by atoms with van der Waals surface area (Å²) in [6.45, 7) is 1.14. The molecule has 0 aromatic carbocycles. The van der Waals surface area contributed by atoms with Crippen LogP contribution >= 0.6 is 11.3 Å². The molecule has 8 heteroatoms. The van der Waals surface area contributed by atoms with Crippen LogP contribution in [0.4, 0.5) is 11.1 Å². The second-order valence-electron chi connectivity index (χ2n) is 3.59. The molecule has 3 N–H and O–H groups in total. The molecule has 0 bridgehead atoms. The predicted molar refractivity (Wildman–Crippen MR) is 72.8 cm³/mol. The highest BCUT2D eigenvalue weighted by Crippen LogP contribution is 2.18. The number of rotatable bonds is 7. The molecule has 0 aliphatic heterocycles. The third kappa shape index (κ3) is 4.12. The highest BCUT2D eigenvalue weighted by atomic mass is 32.1. The number of nitrogens with one attached hydrogen (secondary N) is 2. The number of ether oxygens (including phenoxy) is 1. The van der Waals surface area contributed by atoms with E-state index in [2.05, 4.69) is 25.6 Å². The highest BCUT2D eigenvalue weighted by Gasteiger charge is 2.06. The Labute approximate surface area is 114 Å². The number of anilines is 2. The van der Waals surface area contributed by atoms with Crippen LogP contribution in [-0.4, -0.2) is 40.3 Å². The molecule has 7 nitrogen and oxygen atoms in total. The first-order valence-corrected chi connectivity index (χ1v) is 6.60. The molecular formula is C11H15N5O2S. The van der Waals surface area contributed by atoms with Crippen LogP contribution in [0.2, 0.25) is 0 Å². The van der Waals surface area contributed by atoms with Gasteiger partial charge in [0, 0.05) is 30.7 Å². The summed E-state index contributed by atoms with van der Waals surface area (Å²) in [6.07, 6.45) is 1.71. The average Bonchev–Trinajstić information content (AvgIpc) is 2.91. The number of hydrogen-bond acceptors (Lipinski definition) is 8. The maximum Gasteiger partial charge on any atom is 0.232 e. The number of hydrogen-bond donors (Lipinski definition) is 3. The third-order valence-electron chi connectivity index (χ3n) is 2.21. The van der Waals surface area contributed by atoms with E-state index in [9.17, 15) is 0 Å². The maximum absolute atomic E-state index is 8.73. The molecule has 102 valence electrons. The van der Waals surface area contributed by atoms with Gasteiger partial charge >= 0.3 is 0 Å². The van der Waals surface area contributed by atoms with Gasteiger partial charge in [-0.3, -0.25) is 5.32 Å². The molecule has 19 heavy (non-hydrogen) atoms. The summed E-state index contributed by atoms with van der Waals surface area (Å²) in [5.74, 6) is 0.921. The molecule has 0 saturated heterocycles. The molecule has 2 heterocycles. The Hall–Kier alpha value is -1.77. The molecule has 2 aromatic heterocycles. The van der Waals surface area contributed by atoms with Crippen molar-refractivity contribution in [2.24, 2.45) is 0 Å². The van der Waals surface area contributed by atoms with Crippen molar-refractivity contribution in [2.45, 2.75) is 6.54 Å². The zero-order valence-electron chi connectivity index (χ0n) is 10.5. The lowest BCUT2D eigenvalue weighted by atomic mass is 10.4. The van der Waals surface area contributed by atoms with Gasteiger partial charge in [-0.05, 0) is 0 Å². The topological polar surface area (TPSA) is 92.2 Å². The lowest BCUT2D eigenvalue weighted by molar-refractivity contribution is 0.291. The molecule has 0 fully saturated rings. The average molecular weight is 281 g/mol. The smallest absolute Gasteiger partial charge is 0.232 e. The predicted octanol–water partition coefficient (Wildman–Crippen LogP) is 0.767. The fourth-order valence-corrected chi connectivity index (χ4v) is 1.92. The minimum atomic E-state index is 0.0897. The molecule has 0 spiro atoms. The van der Waals surface area contributed by atoms with Gasteiger partial charge in [-0.15, -0.1) is 11.3 Å². The Bertz CT molecular complexity index is 506. The SMILES string of the molecule is COc1cc(CNCCO)nc(Nc2nccs2)n1. The van der Waals surface area contributed by atoms with Crippen LogP contribution in [-0.2, 0) is 6.54 Å². The van der Waals surface area contributed by atoms with Crippen molar-refractivity contribution in [2.75, 3.05) is 25.6 Å². The van der Waals surface area contributed by atoms with Crippen molar-refractivity contribution in [3.8, 4) is 5.88 Å². The Morgan fingerprint density at radius 2 is 2.32 bits per heavy atom. The summed E-state index contributed by atoms with van der Waals surface area (Å²) in [5.41, 5.74) is 0.777. The molecule has 0 radical (unpaired) electrons. The van der Waals surface area contributed by atoms with Gasteiger partial charge in [-0.1, -0.05) is 0 Å². The highest BCUT2D eigenvalue weighted by molar-refractivity contribution is 7.13. The second-order valence-corrected chi connectivity index (χ2v) is 4.48. The quantitative estimate of drug-likeness (QED) is 0.645. The molecule has 2 aromatic rings. The number of nitrogens with zero attached hydrogens (tertiary/aromatic N) is 3. The molecule has 0 aliphatic carbocycles. The van der Waals surface area contributed by atoms with Gasteiger partial charge in [0.2, 0.25) is 11.8 Å². The molecule has 0 amide bonds. The summed E-state index contributed by atoms with van der Waals surface area (Å²) >= 11 is 1.47. The van der Waals surface area contributed by atoms with Crippen molar-refractivity contribution in [3.05, 3.63) is 23.3 Å². The van der Waals surface area contributed by atoms with Gasteiger partial charge in [0.05, 0.1) is 19.4 Å². The van der Waals surface area contributed by atoms with Gasteiger partial charge in [0.25, 0.3) is 0 Å². The lowest BCUT2D eigenvalue weighted by Crippen LogP contribution is -2.18. The van der Waals surface area contributed by atoms with Crippen LogP contribution < -0.4 is 15.4 Å². The van der Waals surface area contributed by atoms with Gasteiger partial charge in [0.15, 0.2) is 5.13 Å². The van der Waals surface area contributed by atoms with E-state index in [0.29, 0.717) is 24.9 Å². The fraction of sp³-hybridized carbons (Fsp3) is 0.364. The van der Waals surface area contributed by atoms with Crippen molar-refractivity contribution in [3.63, 3.8) is 0 Å². The van der Waals surface area contributed by atoms with E-state index < -0.39 is 0 Å². The zero-order valence-corrected chi connectivity index (χ0v) is 11.3. The third-order valence-corrected chi connectivity index (χ3v) is 2.90. The van der Waals surface area contributed by atoms with Crippen molar-refractivity contribution in [1.82, 2.24) is 20.3 Å². The zero-order chi connectivity index (χ0) is 13.5. The van der Waals surface area contributed by atoms with Gasteiger partial charge in [-0.2, -0.15) is 4.98 Å². The number of methoxy groups -OCH3 is 1. The largest absolute Gasteiger partial charge is 0.481 e. The first kappa shape index (κ1) is 13.7. The molecule has 0 unspecified atom stereocenters. The van der Waals surface area contributed by atoms with E-state index in [1.165, 1.54) is 11.3 Å². The number of aromatic nitrogens is 3. The second kappa shape index (κ2) is 6.98. The van der Waals surface area contributed by atoms with Crippen LogP contribution in [0.25, 0.3) is 0 Å². The van der Waals surface area contributed by atoms with Crippen LogP contribution in [0, 0.1) is 0 Å². The van der Waals surface area contributed by atoms with E-state index in [1.807, 2.05) is 5.38 Å². The molecule has 0 aliphatic rings. The first-order chi connectivity index (χ1) is 9.31. The monoisotopic (exact) mass is 281 g/mol. The van der Waals surface area contributed by atoms with E-state index in [1.54, 1.807) is 19.4 Å². The number of aliphatic hydroxyl groups excluding tert-OH is 1. The van der Waals surface area contributed by atoms with Gasteiger partial charge < -0.3 is 15.2 Å². The van der Waals surface area contributed by atoms with Gasteiger partial charge in [0.1, 0.15) is 0 Å². The normalized spacial score (nSPS) is 10.4. The summed E-state index contributed by atoms with van der Waals surface area (Å²) in [5, 5.41) is 17.4. The summed E-state index contributed by atoms with van der Waals surface area (Å²) < 4.78 is 5.14. The molecule has 2 rings (SSSR count). The van der Waals surface area contributed by atoms with E-state index in [4.69, 9.17) is 9.84 Å². The maximum atomic E-state index is 8.73. The van der Waals surface area contributed by atoms with E-state index >= 15 is 0 Å². The van der Waals surface area contributed by atoms with Crippen LogP contribution in [0.15, 0.2) is 17.6 Å². The lowest BCUT2D eigenvalue weighted by Gasteiger charge is -2.08. The van der Waals surface area contributed by atoms with Crippen molar-refractivity contribution < 1.29 is 9.84 Å². The van der Waals surface area contributed by atoms with Crippen molar-refractivity contribution >= 4 is 22.4 Å². The molecular weight excluding hydrogens is 266 g/mol. The minimum Gasteiger partial charge on any atom is -0.481 e. The Morgan fingerprint density at radius 3 is 3.00 bits per heavy atom. The van der Waals surface area contributed by atoms with Crippen molar-refractivity contribution in [1.29, 1.82) is 0 Å². The minimum absolute atomic E-state index is 0.0897. The summed E-state index contributed by atoms with van der Waals surface area (Å²) in [7, 11) is 1.56. The Kier molecular flexibility index (Phi) is 5.01. The Morgan fingerprint density at radius 1 is 1.42 bits per heavy atom. The molecule has 0 saturated carbocycles. The standard InChI is InChI=1S/C11H15N5O2S/c1-18-9-6-8(7-12-2-4-17)14-10(15-9)16-11-13-3-5-19-11/h3,5-6,12,17H,2,4,7H2,1H3,(H,13,14,15,16). The number of thiazole rings is 1. The van der Waals surface area contributed by atoms with Crippen LogP contribution in [0.5, 0.6) is 5.88 Å². The molecule has 0 atom stereocenters. The Balaban J connectivity index is 2.11. The van der Waals surface area contributed by atoms with Crippen LogP contribution in [0.3, 0.4) is 0 Å². The van der Waals surface area contributed by atoms with E-state index in [-0.39, 0.29) is 6.61 Å².